The molecule has 0 saturated heterocycles. The van der Waals surface area contributed by atoms with E-state index in [0.29, 0.717) is 27.9 Å². The van der Waals surface area contributed by atoms with E-state index in [-0.39, 0.29) is 30.7 Å². The van der Waals surface area contributed by atoms with Gasteiger partial charge in [-0.3, -0.25) is 4.79 Å². The number of fused-ring (bicyclic) bond motifs is 1. The second-order valence-corrected chi connectivity index (χ2v) is 6.69. The van der Waals surface area contributed by atoms with Crippen LogP contribution in [0.25, 0.3) is 16.5 Å². The van der Waals surface area contributed by atoms with E-state index >= 15 is 0 Å². The first kappa shape index (κ1) is 16.8. The summed E-state index contributed by atoms with van der Waals surface area (Å²) in [5.41, 5.74) is 9.18. The normalized spacial score (nSPS) is 18.5. The molecule has 1 aliphatic rings. The lowest BCUT2D eigenvalue weighted by Gasteiger charge is -2.22. The molecule has 24 heavy (non-hydrogen) atoms. The van der Waals surface area contributed by atoms with Crippen LogP contribution in [-0.4, -0.2) is 5.92 Å². The second-order valence-electron chi connectivity index (χ2n) is 6.69. The first-order valence-corrected chi connectivity index (χ1v) is 8.10. The lowest BCUT2D eigenvalue weighted by molar-refractivity contribution is -0.00616. The monoisotopic (exact) mass is 333 g/mol. The maximum atomic E-state index is 13.4. The number of allylic oxidation sites excluding steroid dienone is 2. The van der Waals surface area contributed by atoms with Crippen molar-refractivity contribution >= 4 is 16.5 Å². The minimum atomic E-state index is -2.68. The topological polar surface area (TPSA) is 56.2 Å². The first-order chi connectivity index (χ1) is 11.2. The summed E-state index contributed by atoms with van der Waals surface area (Å²) in [5.74, 6) is -2.27. The van der Waals surface area contributed by atoms with Gasteiger partial charge in [0.2, 0.25) is 0 Å². The molecule has 3 rings (SSSR count). The number of alkyl halides is 2. The molecule has 1 heterocycles. The molecule has 128 valence electrons. The Morgan fingerprint density at radius 2 is 2.00 bits per heavy atom. The zero-order chi connectivity index (χ0) is 17.6. The molecule has 2 N–H and O–H groups in total. The van der Waals surface area contributed by atoms with Crippen LogP contribution in [0.15, 0.2) is 27.4 Å². The van der Waals surface area contributed by atoms with Gasteiger partial charge in [0.1, 0.15) is 11.3 Å². The van der Waals surface area contributed by atoms with Crippen LogP contribution in [0.4, 0.5) is 8.78 Å². The van der Waals surface area contributed by atoms with Crippen molar-refractivity contribution in [3.05, 3.63) is 50.9 Å². The van der Waals surface area contributed by atoms with Crippen LogP contribution >= 0.6 is 0 Å². The van der Waals surface area contributed by atoms with Crippen molar-refractivity contribution in [3.8, 4) is 0 Å². The Morgan fingerprint density at radius 3 is 2.58 bits per heavy atom. The van der Waals surface area contributed by atoms with Crippen molar-refractivity contribution in [2.75, 3.05) is 0 Å². The summed E-state index contributed by atoms with van der Waals surface area (Å²) < 4.78 is 32.8. The van der Waals surface area contributed by atoms with Crippen LogP contribution in [-0.2, 0) is 0 Å². The van der Waals surface area contributed by atoms with Gasteiger partial charge in [-0.1, -0.05) is 12.1 Å². The standard InChI is InChI=1S/C19H21F2NO2/c1-10-8-14(12(3)22)18-15(9-10)16(23)11(2)17(24-18)13-4-6-19(20,21)7-5-13/h4,8-9,12H,5-7,22H2,1-3H3/t12-/m1/s1. The van der Waals surface area contributed by atoms with Crippen molar-refractivity contribution in [2.24, 2.45) is 5.73 Å². The maximum Gasteiger partial charge on any atom is 0.251 e. The lowest BCUT2D eigenvalue weighted by Crippen LogP contribution is -2.19. The van der Waals surface area contributed by atoms with Gasteiger partial charge in [0.25, 0.3) is 5.92 Å². The third-order valence-corrected chi connectivity index (χ3v) is 4.58. The Labute approximate surface area is 139 Å². The third kappa shape index (κ3) is 2.88. The van der Waals surface area contributed by atoms with E-state index in [0.717, 1.165) is 11.1 Å². The zero-order valence-electron chi connectivity index (χ0n) is 14.1. The van der Waals surface area contributed by atoms with Crippen molar-refractivity contribution in [1.29, 1.82) is 0 Å². The minimum absolute atomic E-state index is 0.130. The lowest BCUT2D eigenvalue weighted by atomic mass is 9.92. The predicted molar refractivity (Wildman–Crippen MR) is 91.3 cm³/mol. The largest absolute Gasteiger partial charge is 0.456 e. The molecule has 0 amide bonds. The van der Waals surface area contributed by atoms with E-state index in [1.807, 2.05) is 19.9 Å². The van der Waals surface area contributed by atoms with Crippen LogP contribution < -0.4 is 11.2 Å². The highest BCUT2D eigenvalue weighted by Gasteiger charge is 2.32. The van der Waals surface area contributed by atoms with Gasteiger partial charge < -0.3 is 10.2 Å². The van der Waals surface area contributed by atoms with Crippen molar-refractivity contribution in [3.63, 3.8) is 0 Å². The van der Waals surface area contributed by atoms with Gasteiger partial charge in [-0.25, -0.2) is 8.78 Å². The molecule has 0 aliphatic heterocycles. The molecule has 0 radical (unpaired) electrons. The van der Waals surface area contributed by atoms with Crippen LogP contribution in [0, 0.1) is 13.8 Å². The molecule has 5 heteroatoms. The van der Waals surface area contributed by atoms with Gasteiger partial charge >= 0.3 is 0 Å². The SMILES string of the molecule is Cc1cc([C@@H](C)N)c2oc(C3=CCC(F)(F)CC3)c(C)c(=O)c2c1. The summed E-state index contributed by atoms with van der Waals surface area (Å²) in [6.07, 6.45) is 1.13. The Hall–Kier alpha value is -2.01. The summed E-state index contributed by atoms with van der Waals surface area (Å²) in [5, 5.41) is 0.491. The van der Waals surface area contributed by atoms with E-state index in [9.17, 15) is 13.6 Å². The Bertz CT molecular complexity index is 894. The summed E-state index contributed by atoms with van der Waals surface area (Å²) in [6, 6.07) is 3.39. The molecule has 0 saturated carbocycles. The number of halogens is 2. The van der Waals surface area contributed by atoms with Gasteiger partial charge in [-0.2, -0.15) is 0 Å². The quantitative estimate of drug-likeness (QED) is 0.871. The average molecular weight is 333 g/mol. The molecule has 0 bridgehead atoms. The number of rotatable bonds is 2. The van der Waals surface area contributed by atoms with Crippen molar-refractivity contribution < 1.29 is 13.2 Å². The molecule has 1 aromatic carbocycles. The smallest absolute Gasteiger partial charge is 0.251 e. The van der Waals surface area contributed by atoms with E-state index < -0.39 is 5.92 Å². The second kappa shape index (κ2) is 5.81. The molecular formula is C19H21F2NO2. The number of nitrogens with two attached hydrogens (primary N) is 1. The Morgan fingerprint density at radius 1 is 1.29 bits per heavy atom. The minimum Gasteiger partial charge on any atom is -0.456 e. The van der Waals surface area contributed by atoms with Crippen LogP contribution in [0.5, 0.6) is 0 Å². The summed E-state index contributed by atoms with van der Waals surface area (Å²) in [6.45, 7) is 5.41. The zero-order valence-corrected chi connectivity index (χ0v) is 14.1. The molecule has 1 aliphatic carbocycles. The molecular weight excluding hydrogens is 312 g/mol. The summed E-state index contributed by atoms with van der Waals surface area (Å²) in [7, 11) is 0. The van der Waals surface area contributed by atoms with Gasteiger partial charge in [0.15, 0.2) is 5.43 Å². The molecule has 3 nitrogen and oxygen atoms in total. The van der Waals surface area contributed by atoms with Crippen LogP contribution in [0.1, 0.15) is 54.7 Å². The fourth-order valence-corrected chi connectivity index (χ4v) is 3.21. The molecule has 0 spiro atoms. The highest BCUT2D eigenvalue weighted by Crippen LogP contribution is 2.38. The number of aryl methyl sites for hydroxylation is 1. The molecule has 0 unspecified atom stereocenters. The van der Waals surface area contributed by atoms with Crippen molar-refractivity contribution in [2.45, 2.75) is 52.0 Å². The van der Waals surface area contributed by atoms with E-state index in [4.69, 9.17) is 10.2 Å². The fraction of sp³-hybridized carbons (Fsp3) is 0.421. The maximum absolute atomic E-state index is 13.4. The van der Waals surface area contributed by atoms with Gasteiger partial charge in [0.05, 0.1) is 5.39 Å². The van der Waals surface area contributed by atoms with Gasteiger partial charge in [0, 0.05) is 30.0 Å². The number of benzene rings is 1. The van der Waals surface area contributed by atoms with E-state index in [1.165, 1.54) is 6.08 Å². The molecule has 1 aromatic heterocycles. The van der Waals surface area contributed by atoms with Crippen LogP contribution in [0.3, 0.4) is 0 Å². The van der Waals surface area contributed by atoms with Crippen LogP contribution in [0.2, 0.25) is 0 Å². The Balaban J connectivity index is 2.26. The summed E-state index contributed by atoms with van der Waals surface area (Å²) >= 11 is 0. The molecule has 2 aromatic rings. The first-order valence-electron chi connectivity index (χ1n) is 8.10. The number of hydrogen-bond donors (Lipinski definition) is 1. The highest BCUT2D eigenvalue weighted by atomic mass is 19.3. The highest BCUT2D eigenvalue weighted by molar-refractivity contribution is 5.83. The fourth-order valence-electron chi connectivity index (χ4n) is 3.21. The third-order valence-electron chi connectivity index (χ3n) is 4.58. The molecule has 0 fully saturated rings. The van der Waals surface area contributed by atoms with E-state index in [1.54, 1.807) is 13.0 Å². The van der Waals surface area contributed by atoms with E-state index in [2.05, 4.69) is 0 Å². The number of hydrogen-bond acceptors (Lipinski definition) is 3. The van der Waals surface area contributed by atoms with Gasteiger partial charge in [-0.15, -0.1) is 0 Å². The summed E-state index contributed by atoms with van der Waals surface area (Å²) in [4.78, 5) is 12.8. The Kier molecular flexibility index (Phi) is 4.08. The predicted octanol–water partition coefficient (Wildman–Crippen LogP) is 4.63. The van der Waals surface area contributed by atoms with Gasteiger partial charge in [-0.05, 0) is 44.4 Å². The average Bonchev–Trinajstić information content (AvgIpc) is 2.51. The molecule has 1 atom stereocenters. The van der Waals surface area contributed by atoms with Crippen molar-refractivity contribution in [1.82, 2.24) is 0 Å².